The van der Waals surface area contributed by atoms with Crippen molar-refractivity contribution in [2.75, 3.05) is 12.4 Å². The molecule has 152 valence electrons. The normalized spacial score (nSPS) is 12.0. The molecule has 0 unspecified atom stereocenters. The van der Waals surface area contributed by atoms with Crippen molar-refractivity contribution in [1.82, 2.24) is 19.5 Å². The molecule has 3 aromatic rings. The van der Waals surface area contributed by atoms with Crippen LogP contribution in [0.4, 0.5) is 5.95 Å². The Labute approximate surface area is 174 Å². The van der Waals surface area contributed by atoms with Crippen LogP contribution in [-0.2, 0) is 6.54 Å². The van der Waals surface area contributed by atoms with Gasteiger partial charge in [-0.2, -0.15) is 0 Å². The first-order valence-corrected chi connectivity index (χ1v) is 9.52. The predicted molar refractivity (Wildman–Crippen MR) is 115 cm³/mol. The molecule has 3 N–H and O–H groups in total. The number of nitrogens with one attached hydrogen (secondary N) is 1. The first kappa shape index (κ1) is 21.1. The third-order valence-electron chi connectivity index (χ3n) is 4.04. The molecule has 3 aromatic heterocycles. The molecule has 3 rings (SSSR count). The highest BCUT2D eigenvalue weighted by Crippen LogP contribution is 2.34. The average molecular weight is 414 g/mol. The number of pyridine rings is 1. The number of aromatic nitrogens is 4. The van der Waals surface area contributed by atoms with Crippen molar-refractivity contribution in [1.29, 1.82) is 0 Å². The Balaban J connectivity index is 2.25. The van der Waals surface area contributed by atoms with Gasteiger partial charge in [-0.1, -0.05) is 17.5 Å². The summed E-state index contributed by atoms with van der Waals surface area (Å²) in [6.07, 6.45) is 5.14. The van der Waals surface area contributed by atoms with E-state index in [1.807, 2.05) is 16.8 Å². The number of hydrogen-bond donors (Lipinski definition) is 3. The summed E-state index contributed by atoms with van der Waals surface area (Å²) in [6, 6.07) is 1.84. The Hall–Kier alpha value is -2.66. The van der Waals surface area contributed by atoms with E-state index in [-0.39, 0.29) is 0 Å². The van der Waals surface area contributed by atoms with Crippen molar-refractivity contribution in [2.24, 2.45) is 0 Å². The van der Waals surface area contributed by atoms with E-state index in [0.29, 0.717) is 28.9 Å². The summed E-state index contributed by atoms with van der Waals surface area (Å²) in [5.74, 6) is 6.12. The Kier molecular flexibility index (Phi) is 5.54. The van der Waals surface area contributed by atoms with Crippen LogP contribution >= 0.6 is 11.6 Å². The minimum absolute atomic E-state index is 0.363. The van der Waals surface area contributed by atoms with Crippen LogP contribution in [0, 0.1) is 11.8 Å². The fraction of sp³-hybridized carbons (Fsp3) is 0.381. The molecule has 0 fully saturated rings. The van der Waals surface area contributed by atoms with E-state index in [0.717, 1.165) is 16.5 Å². The molecule has 0 aromatic carbocycles. The summed E-state index contributed by atoms with van der Waals surface area (Å²) in [5, 5.41) is 24.4. The Morgan fingerprint density at radius 2 is 1.90 bits per heavy atom. The second-order valence-corrected chi connectivity index (χ2v) is 8.43. The topological polar surface area (TPSA) is 96.1 Å². The zero-order chi connectivity index (χ0) is 21.4. The van der Waals surface area contributed by atoms with Gasteiger partial charge in [0.1, 0.15) is 11.3 Å². The first-order valence-electron chi connectivity index (χ1n) is 9.14. The molecule has 0 saturated heterocycles. The molecule has 0 bridgehead atoms. The van der Waals surface area contributed by atoms with Gasteiger partial charge in [-0.3, -0.25) is 0 Å². The molecule has 0 spiro atoms. The van der Waals surface area contributed by atoms with Crippen LogP contribution in [0.2, 0.25) is 5.02 Å². The number of aliphatic hydroxyl groups is 2. The Bertz CT molecular complexity index is 1110. The van der Waals surface area contributed by atoms with Crippen LogP contribution in [0.3, 0.4) is 0 Å². The van der Waals surface area contributed by atoms with E-state index in [2.05, 4.69) is 32.1 Å². The van der Waals surface area contributed by atoms with Gasteiger partial charge in [0.25, 0.3) is 0 Å². The van der Waals surface area contributed by atoms with Gasteiger partial charge in [-0.05, 0) is 39.7 Å². The highest BCUT2D eigenvalue weighted by Gasteiger charge is 2.20. The lowest BCUT2D eigenvalue weighted by Crippen LogP contribution is -2.25. The van der Waals surface area contributed by atoms with Crippen molar-refractivity contribution in [2.45, 2.75) is 45.4 Å². The lowest BCUT2D eigenvalue weighted by atomic mass is 10.1. The van der Waals surface area contributed by atoms with E-state index in [9.17, 15) is 10.2 Å². The van der Waals surface area contributed by atoms with E-state index in [4.69, 9.17) is 11.6 Å². The van der Waals surface area contributed by atoms with Crippen LogP contribution in [-0.4, -0.2) is 48.0 Å². The van der Waals surface area contributed by atoms with Crippen molar-refractivity contribution in [3.63, 3.8) is 0 Å². The lowest BCUT2D eigenvalue weighted by molar-refractivity contribution is 0.0628. The quantitative estimate of drug-likeness (QED) is 0.569. The van der Waals surface area contributed by atoms with Gasteiger partial charge < -0.3 is 20.1 Å². The molecule has 7 nitrogen and oxygen atoms in total. The summed E-state index contributed by atoms with van der Waals surface area (Å²) in [5.41, 5.74) is 0.635. The van der Waals surface area contributed by atoms with Gasteiger partial charge in [-0.15, -0.1) is 0 Å². The predicted octanol–water partition coefficient (Wildman–Crippen LogP) is 3.08. The number of halogens is 1. The second kappa shape index (κ2) is 7.64. The molecule has 3 heterocycles. The minimum Gasteiger partial charge on any atom is -0.389 e. The van der Waals surface area contributed by atoms with Gasteiger partial charge in [0.05, 0.1) is 40.8 Å². The van der Waals surface area contributed by atoms with Gasteiger partial charge >= 0.3 is 0 Å². The van der Waals surface area contributed by atoms with E-state index in [1.165, 1.54) is 0 Å². The van der Waals surface area contributed by atoms with Crippen molar-refractivity contribution < 1.29 is 10.2 Å². The Morgan fingerprint density at radius 1 is 1.17 bits per heavy atom. The van der Waals surface area contributed by atoms with Crippen LogP contribution in [0.25, 0.3) is 22.2 Å². The summed E-state index contributed by atoms with van der Waals surface area (Å²) < 4.78 is 1.92. The van der Waals surface area contributed by atoms with Crippen molar-refractivity contribution in [3.05, 3.63) is 35.4 Å². The number of fused-ring (bicyclic) bond motifs is 1. The zero-order valence-electron chi connectivity index (χ0n) is 17.1. The van der Waals surface area contributed by atoms with Crippen LogP contribution in [0.1, 0.15) is 33.4 Å². The third-order valence-corrected chi connectivity index (χ3v) is 4.32. The molecule has 0 radical (unpaired) electrons. The maximum absolute atomic E-state index is 10.3. The molecule has 0 aliphatic heterocycles. The molecule has 0 aliphatic rings. The molecule has 8 heteroatoms. The maximum Gasteiger partial charge on any atom is 0.223 e. The third kappa shape index (κ3) is 5.04. The highest BCUT2D eigenvalue weighted by molar-refractivity contribution is 6.33. The average Bonchev–Trinajstić information content (AvgIpc) is 2.96. The van der Waals surface area contributed by atoms with Crippen LogP contribution in [0.15, 0.2) is 24.7 Å². The minimum atomic E-state index is -1.12. The van der Waals surface area contributed by atoms with Crippen molar-refractivity contribution in [3.8, 4) is 23.1 Å². The molecule has 0 atom stereocenters. The van der Waals surface area contributed by atoms with Crippen LogP contribution < -0.4 is 5.32 Å². The van der Waals surface area contributed by atoms with Gasteiger partial charge in [0.2, 0.25) is 5.95 Å². The summed E-state index contributed by atoms with van der Waals surface area (Å²) in [6.45, 7) is 7.08. The van der Waals surface area contributed by atoms with Crippen LogP contribution in [0.5, 0.6) is 0 Å². The van der Waals surface area contributed by atoms with E-state index in [1.54, 1.807) is 47.1 Å². The fourth-order valence-corrected chi connectivity index (χ4v) is 3.08. The number of rotatable bonds is 4. The lowest BCUT2D eigenvalue weighted by Gasteiger charge is -2.18. The summed E-state index contributed by atoms with van der Waals surface area (Å²) in [7, 11) is 1.73. The SMILES string of the molecule is CNc1ncc(Cl)c(-c2cn(CC(C)(C)O)c3cnc(C#CC(C)(C)O)cc23)n1. The maximum atomic E-state index is 10.3. The van der Waals surface area contributed by atoms with Crippen molar-refractivity contribution >= 4 is 28.5 Å². The molecule has 0 amide bonds. The zero-order valence-corrected chi connectivity index (χ0v) is 17.8. The molecular formula is C21H24ClN5O2. The fourth-order valence-electron chi connectivity index (χ4n) is 2.89. The first-order chi connectivity index (χ1) is 13.5. The van der Waals surface area contributed by atoms with Gasteiger partial charge in [0.15, 0.2) is 0 Å². The summed E-state index contributed by atoms with van der Waals surface area (Å²) in [4.78, 5) is 13.0. The smallest absolute Gasteiger partial charge is 0.223 e. The van der Waals surface area contributed by atoms with Gasteiger partial charge in [0, 0.05) is 24.2 Å². The van der Waals surface area contributed by atoms with E-state index < -0.39 is 11.2 Å². The second-order valence-electron chi connectivity index (χ2n) is 8.02. The monoisotopic (exact) mass is 413 g/mol. The molecule has 29 heavy (non-hydrogen) atoms. The largest absolute Gasteiger partial charge is 0.389 e. The Morgan fingerprint density at radius 3 is 2.52 bits per heavy atom. The number of anilines is 1. The standard InChI is InChI=1S/C21H24ClN5O2/c1-20(2,28)7-6-13-8-14-15(18-16(22)9-25-19(23-5)26-18)11-27(12-21(3,4)29)17(14)10-24-13/h8-11,28-29H,12H2,1-5H3,(H,23,25,26). The number of nitrogens with zero attached hydrogens (tertiary/aromatic N) is 4. The number of hydrogen-bond acceptors (Lipinski definition) is 6. The van der Waals surface area contributed by atoms with E-state index >= 15 is 0 Å². The molecule has 0 saturated carbocycles. The summed E-state index contributed by atoms with van der Waals surface area (Å²) >= 11 is 6.40. The van der Waals surface area contributed by atoms with Gasteiger partial charge in [-0.25, -0.2) is 15.0 Å². The molecule has 0 aliphatic carbocycles. The highest BCUT2D eigenvalue weighted by atomic mass is 35.5. The molecular weight excluding hydrogens is 390 g/mol.